The zero-order valence-electron chi connectivity index (χ0n) is 12.7. The van der Waals surface area contributed by atoms with Gasteiger partial charge >= 0.3 is 11.9 Å². The Morgan fingerprint density at radius 2 is 2.14 bits per heavy atom. The van der Waals surface area contributed by atoms with E-state index >= 15 is 0 Å². The van der Waals surface area contributed by atoms with Crippen LogP contribution in [0.4, 0.5) is 0 Å². The molecule has 0 aromatic rings. The highest BCUT2D eigenvalue weighted by atomic mass is 33.1. The van der Waals surface area contributed by atoms with E-state index in [2.05, 4.69) is 0 Å². The summed E-state index contributed by atoms with van der Waals surface area (Å²) in [5.74, 6) is -3.55. The lowest BCUT2D eigenvalue weighted by Crippen LogP contribution is -2.33. The van der Waals surface area contributed by atoms with Crippen LogP contribution in [-0.4, -0.2) is 45.6 Å². The molecule has 0 rings (SSSR count). The third kappa shape index (κ3) is 6.08. The highest BCUT2D eigenvalue weighted by molar-refractivity contribution is 8.76. The first-order valence-electron chi connectivity index (χ1n) is 6.11. The third-order valence-electron chi connectivity index (χ3n) is 0.876. The van der Waals surface area contributed by atoms with E-state index in [1.54, 1.807) is 0 Å². The maximum atomic E-state index is 10.9. The van der Waals surface area contributed by atoms with E-state index in [4.69, 9.17) is 24.3 Å². The summed E-state index contributed by atoms with van der Waals surface area (Å²) in [4.78, 5) is 21.4. The van der Waals surface area contributed by atoms with E-state index in [0.717, 1.165) is 0 Å². The molecule has 0 bridgehead atoms. The van der Waals surface area contributed by atoms with Crippen LogP contribution in [0.25, 0.3) is 0 Å². The van der Waals surface area contributed by atoms with E-state index in [-0.39, 0.29) is 10.8 Å². The number of carboxylic acid groups (broad SMARTS) is 2. The first kappa shape index (κ1) is 6.21. The fourth-order valence-corrected chi connectivity index (χ4v) is 1.67. The zero-order valence-corrected chi connectivity index (χ0v) is 8.34. The van der Waals surface area contributed by atoms with Gasteiger partial charge < -0.3 is 21.7 Å². The molecule has 0 aliphatic rings. The van der Waals surface area contributed by atoms with Crippen LogP contribution in [0.1, 0.15) is 5.48 Å². The summed E-state index contributed by atoms with van der Waals surface area (Å²) in [5, 5.41) is 17.4. The van der Waals surface area contributed by atoms with E-state index in [1.807, 2.05) is 0 Å². The molecule has 6 N–H and O–H groups in total. The molecule has 82 valence electrons. The number of carboxylic acids is 2. The molecule has 0 radical (unpaired) electrons. The maximum absolute atomic E-state index is 10.9. The highest BCUT2D eigenvalue weighted by Gasteiger charge is 2.14. The molecule has 0 aromatic carbocycles. The van der Waals surface area contributed by atoms with Gasteiger partial charge in [-0.05, 0) is 0 Å². The number of hydrogen-bond acceptors (Lipinski definition) is 6. The minimum atomic E-state index is -3.25. The Morgan fingerprint density at radius 3 is 2.57 bits per heavy atom. The molecule has 0 fully saturated rings. The number of carbonyl (C=O) groups is 2. The Labute approximate surface area is 97.3 Å². The van der Waals surface area contributed by atoms with Crippen molar-refractivity contribution >= 4 is 33.5 Å². The number of rotatable bonds is 8. The van der Waals surface area contributed by atoms with Crippen molar-refractivity contribution in [3.63, 3.8) is 0 Å². The van der Waals surface area contributed by atoms with Crippen molar-refractivity contribution in [1.29, 1.82) is 0 Å². The van der Waals surface area contributed by atoms with Crippen molar-refractivity contribution in [2.45, 2.75) is 12.1 Å². The SMILES string of the molecule is [2H]C(SSC([2H])([2H])[C@@]([2H])(C(=O)O)N([2H])[2H])[C@H](N)C(=O)O. The molecule has 0 amide bonds. The summed E-state index contributed by atoms with van der Waals surface area (Å²) in [6.45, 7) is 0. The first-order valence-corrected chi connectivity index (χ1v) is 5.35. The van der Waals surface area contributed by atoms with Crippen molar-refractivity contribution in [3.8, 4) is 0 Å². The van der Waals surface area contributed by atoms with Crippen molar-refractivity contribution in [1.82, 2.24) is 0 Å². The van der Waals surface area contributed by atoms with Crippen LogP contribution in [0.3, 0.4) is 0 Å². The Kier molecular flexibility index (Phi) is 3.07. The summed E-state index contributed by atoms with van der Waals surface area (Å²) in [6, 6.07) is -4.88. The topological polar surface area (TPSA) is 127 Å². The van der Waals surface area contributed by atoms with Crippen LogP contribution in [0, 0.1) is 0 Å². The van der Waals surface area contributed by atoms with Crippen LogP contribution in [-0.2, 0) is 9.59 Å². The Bertz CT molecular complexity index is 388. The van der Waals surface area contributed by atoms with Crippen LogP contribution in [0.5, 0.6) is 0 Å². The second kappa shape index (κ2) is 6.93. The van der Waals surface area contributed by atoms with Crippen molar-refractivity contribution in [2.24, 2.45) is 11.5 Å². The average molecular weight is 246 g/mol. The molecule has 0 aliphatic heterocycles. The van der Waals surface area contributed by atoms with Gasteiger partial charge in [-0.15, -0.1) is 0 Å². The van der Waals surface area contributed by atoms with Gasteiger partial charge in [-0.3, -0.25) is 9.59 Å². The van der Waals surface area contributed by atoms with Gasteiger partial charge in [-0.2, -0.15) is 0 Å². The summed E-state index contributed by atoms with van der Waals surface area (Å²) >= 11 is 0. The molecule has 1 unspecified atom stereocenters. The molecule has 3 atom stereocenters. The van der Waals surface area contributed by atoms with Crippen molar-refractivity contribution < 1.29 is 28.1 Å². The minimum absolute atomic E-state index is 0.0653. The molecule has 0 heterocycles. The van der Waals surface area contributed by atoms with E-state index < -0.39 is 41.2 Å². The molecular formula is C6H12N2O4S2. The van der Waals surface area contributed by atoms with Crippen molar-refractivity contribution in [2.75, 3.05) is 11.4 Å². The van der Waals surface area contributed by atoms with Gasteiger partial charge in [-0.1, -0.05) is 21.6 Å². The lowest BCUT2D eigenvalue weighted by molar-refractivity contribution is -0.138. The second-order valence-electron chi connectivity index (χ2n) is 1.94. The van der Waals surface area contributed by atoms with Crippen LogP contribution >= 0.6 is 21.6 Å². The summed E-state index contributed by atoms with van der Waals surface area (Å²) in [6.07, 6.45) is 0. The average Bonchev–Trinajstić information content (AvgIpc) is 2.32. The fourth-order valence-electron chi connectivity index (χ4n) is 0.253. The Balaban J connectivity index is 4.98. The van der Waals surface area contributed by atoms with Gasteiger partial charge in [0.1, 0.15) is 14.9 Å². The molecule has 0 saturated carbocycles. The number of nitrogens with two attached hydrogens (primary N) is 2. The third-order valence-corrected chi connectivity index (χ3v) is 2.53. The standard InChI is InChI=1S/C6H12N2O4S2/c7-3(5(9)10)1-13-14-2-4(8)6(11)12/h3-4H,1-2,7-8H2,(H,9,10)(H,11,12)/t3-,4-/m0/s1/i1D,2D2,4D/hD2/t1?,3-,4-. The molecule has 0 saturated heterocycles. The van der Waals surface area contributed by atoms with Gasteiger partial charge in [0, 0.05) is 15.5 Å². The van der Waals surface area contributed by atoms with Gasteiger partial charge in [0.05, 0.1) is 1.37 Å². The quantitative estimate of drug-likeness (QED) is 0.410. The fraction of sp³-hybridized carbons (Fsp3) is 0.667. The van der Waals surface area contributed by atoms with Gasteiger partial charge in [-0.25, -0.2) is 0 Å². The summed E-state index contributed by atoms with van der Waals surface area (Å²) in [5.41, 5.74) is 0.0288. The van der Waals surface area contributed by atoms with E-state index in [9.17, 15) is 9.59 Å². The molecule has 6 nitrogen and oxygen atoms in total. The molecule has 0 aliphatic carbocycles. The van der Waals surface area contributed by atoms with Gasteiger partial charge in [0.25, 0.3) is 0 Å². The number of aliphatic carboxylic acids is 2. The largest absolute Gasteiger partial charge is 0.480 e. The molecule has 0 spiro atoms. The van der Waals surface area contributed by atoms with Crippen LogP contribution < -0.4 is 11.5 Å². The lowest BCUT2D eigenvalue weighted by atomic mass is 10.4. The van der Waals surface area contributed by atoms with Crippen LogP contribution in [0.15, 0.2) is 0 Å². The normalized spacial score (nSPS) is 26.7. The maximum Gasteiger partial charge on any atom is 0.321 e. The molecule has 8 heteroatoms. The lowest BCUT2D eigenvalue weighted by Gasteiger charge is -2.07. The highest BCUT2D eigenvalue weighted by Crippen LogP contribution is 2.22. The smallest absolute Gasteiger partial charge is 0.321 e. The molecular weight excluding hydrogens is 228 g/mol. The van der Waals surface area contributed by atoms with Crippen LogP contribution in [0.2, 0.25) is 2.82 Å². The molecule has 14 heavy (non-hydrogen) atoms. The van der Waals surface area contributed by atoms with E-state index in [0.29, 0.717) is 10.8 Å². The monoisotopic (exact) mass is 246 g/mol. The van der Waals surface area contributed by atoms with Gasteiger partial charge in [0.15, 0.2) is 0 Å². The summed E-state index contributed by atoms with van der Waals surface area (Å²) < 4.78 is 43.4. The van der Waals surface area contributed by atoms with Gasteiger partial charge in [0.2, 0.25) is 0 Å². The molecule has 0 aromatic heterocycles. The van der Waals surface area contributed by atoms with E-state index in [1.165, 1.54) is 0 Å². The number of hydrogen-bond donors (Lipinski definition) is 4. The Morgan fingerprint density at radius 1 is 1.50 bits per heavy atom. The predicted octanol–water partition coefficient (Wildman–Crippen LogP) is -0.808. The van der Waals surface area contributed by atoms with Crippen molar-refractivity contribution in [3.05, 3.63) is 0 Å². The first-order chi connectivity index (χ1) is 8.87. The predicted molar refractivity (Wildman–Crippen MR) is 56.1 cm³/mol. The summed E-state index contributed by atoms with van der Waals surface area (Å²) in [7, 11) is 0.373. The second-order valence-corrected chi connectivity index (χ2v) is 3.85. The minimum Gasteiger partial charge on any atom is -0.480 e. The zero-order chi connectivity index (χ0) is 16.3. The Hall–Kier alpha value is -0.440.